The molecule has 2 heterocycles. The van der Waals surface area contributed by atoms with Crippen LogP contribution < -0.4 is 10.6 Å². The fourth-order valence-corrected chi connectivity index (χ4v) is 2.70. The van der Waals surface area contributed by atoms with Crippen molar-refractivity contribution in [1.29, 1.82) is 0 Å². The van der Waals surface area contributed by atoms with Crippen molar-refractivity contribution in [3.05, 3.63) is 18.0 Å². The first-order chi connectivity index (χ1) is 8.65. The minimum absolute atomic E-state index is 0.0183. The lowest BCUT2D eigenvalue weighted by Crippen LogP contribution is -2.43. The van der Waals surface area contributed by atoms with Gasteiger partial charge in [-0.1, -0.05) is 0 Å². The SMILES string of the molecule is Fc1cc(F)nc(NC[C@@H]2CC3(CCN2)CC3)n1. The summed E-state index contributed by atoms with van der Waals surface area (Å²) in [5.74, 6) is -1.68. The van der Waals surface area contributed by atoms with Crippen molar-refractivity contribution in [3.8, 4) is 0 Å². The van der Waals surface area contributed by atoms with Crippen LogP contribution in [0.1, 0.15) is 25.7 Å². The Morgan fingerprint density at radius 1 is 1.28 bits per heavy atom. The van der Waals surface area contributed by atoms with Crippen molar-refractivity contribution >= 4 is 5.95 Å². The van der Waals surface area contributed by atoms with Crippen molar-refractivity contribution in [2.75, 3.05) is 18.4 Å². The van der Waals surface area contributed by atoms with Crippen LogP contribution in [0.2, 0.25) is 0 Å². The molecule has 0 unspecified atom stereocenters. The average Bonchev–Trinajstić information content (AvgIpc) is 3.05. The number of piperidine rings is 1. The van der Waals surface area contributed by atoms with Gasteiger partial charge in [0, 0.05) is 18.7 Å². The van der Waals surface area contributed by atoms with E-state index >= 15 is 0 Å². The number of anilines is 1. The van der Waals surface area contributed by atoms with Gasteiger partial charge in [0.2, 0.25) is 17.8 Å². The van der Waals surface area contributed by atoms with Gasteiger partial charge in [-0.15, -0.1) is 0 Å². The van der Waals surface area contributed by atoms with E-state index in [4.69, 9.17) is 0 Å². The molecular weight excluding hydrogens is 238 g/mol. The van der Waals surface area contributed by atoms with Crippen molar-refractivity contribution in [1.82, 2.24) is 15.3 Å². The molecule has 0 radical (unpaired) electrons. The first-order valence-corrected chi connectivity index (χ1v) is 6.33. The van der Waals surface area contributed by atoms with Crippen LogP contribution in [-0.2, 0) is 0 Å². The molecule has 1 aliphatic carbocycles. The largest absolute Gasteiger partial charge is 0.352 e. The predicted molar refractivity (Wildman–Crippen MR) is 63.1 cm³/mol. The average molecular weight is 254 g/mol. The number of halogens is 2. The lowest BCUT2D eigenvalue weighted by atomic mass is 9.89. The Balaban J connectivity index is 1.57. The van der Waals surface area contributed by atoms with E-state index in [0.29, 0.717) is 24.1 Å². The molecule has 2 fully saturated rings. The van der Waals surface area contributed by atoms with Gasteiger partial charge < -0.3 is 10.6 Å². The highest BCUT2D eigenvalue weighted by molar-refractivity contribution is 5.23. The minimum atomic E-state index is -0.847. The van der Waals surface area contributed by atoms with Crippen LogP contribution in [0.5, 0.6) is 0 Å². The molecule has 2 aliphatic rings. The Bertz CT molecular complexity index is 427. The van der Waals surface area contributed by atoms with Gasteiger partial charge in [0.15, 0.2) is 0 Å². The quantitative estimate of drug-likeness (QED) is 0.806. The van der Waals surface area contributed by atoms with Gasteiger partial charge in [-0.05, 0) is 37.6 Å². The van der Waals surface area contributed by atoms with Crippen LogP contribution in [0.15, 0.2) is 6.07 Å². The molecule has 0 amide bonds. The summed E-state index contributed by atoms with van der Waals surface area (Å²) >= 11 is 0. The zero-order valence-corrected chi connectivity index (χ0v) is 10.0. The third kappa shape index (κ3) is 2.58. The van der Waals surface area contributed by atoms with Gasteiger partial charge >= 0.3 is 0 Å². The highest BCUT2D eigenvalue weighted by Gasteiger charge is 2.45. The van der Waals surface area contributed by atoms with E-state index in [-0.39, 0.29) is 5.95 Å². The lowest BCUT2D eigenvalue weighted by molar-refractivity contribution is 0.290. The van der Waals surface area contributed by atoms with Gasteiger partial charge in [0.05, 0.1) is 0 Å². The smallest absolute Gasteiger partial charge is 0.228 e. The summed E-state index contributed by atoms with van der Waals surface area (Å²) in [6.45, 7) is 1.62. The molecule has 98 valence electrons. The highest BCUT2D eigenvalue weighted by Crippen LogP contribution is 2.53. The Morgan fingerprint density at radius 3 is 2.67 bits per heavy atom. The van der Waals surface area contributed by atoms with Gasteiger partial charge in [-0.2, -0.15) is 18.7 Å². The van der Waals surface area contributed by atoms with Crippen molar-refractivity contribution in [3.63, 3.8) is 0 Å². The van der Waals surface area contributed by atoms with Crippen LogP contribution in [0.4, 0.5) is 14.7 Å². The second kappa shape index (κ2) is 4.42. The second-order valence-corrected chi connectivity index (χ2v) is 5.32. The summed E-state index contributed by atoms with van der Waals surface area (Å²) in [4.78, 5) is 7.03. The summed E-state index contributed by atoms with van der Waals surface area (Å²) in [6, 6.07) is 1.000. The molecule has 2 N–H and O–H groups in total. The fraction of sp³-hybridized carbons (Fsp3) is 0.667. The maximum absolute atomic E-state index is 12.9. The number of nitrogens with zero attached hydrogens (tertiary/aromatic N) is 2. The third-order valence-corrected chi connectivity index (χ3v) is 3.90. The molecular formula is C12H16F2N4. The van der Waals surface area contributed by atoms with Crippen LogP contribution in [0.25, 0.3) is 0 Å². The fourth-order valence-electron chi connectivity index (χ4n) is 2.70. The normalized spacial score (nSPS) is 25.1. The predicted octanol–water partition coefficient (Wildman–Crippen LogP) is 1.70. The zero-order chi connectivity index (χ0) is 12.6. The number of hydrogen-bond acceptors (Lipinski definition) is 4. The third-order valence-electron chi connectivity index (χ3n) is 3.90. The molecule has 1 aliphatic heterocycles. The van der Waals surface area contributed by atoms with E-state index < -0.39 is 11.9 Å². The van der Waals surface area contributed by atoms with E-state index in [1.807, 2.05) is 0 Å². The van der Waals surface area contributed by atoms with E-state index in [9.17, 15) is 8.78 Å². The molecule has 1 spiro atoms. The summed E-state index contributed by atoms with van der Waals surface area (Å²) < 4.78 is 25.8. The molecule has 18 heavy (non-hydrogen) atoms. The van der Waals surface area contributed by atoms with Crippen LogP contribution in [-0.4, -0.2) is 29.1 Å². The van der Waals surface area contributed by atoms with Crippen molar-refractivity contribution in [2.45, 2.75) is 31.7 Å². The number of aromatic nitrogens is 2. The van der Waals surface area contributed by atoms with Crippen molar-refractivity contribution < 1.29 is 8.78 Å². The number of nitrogens with one attached hydrogen (secondary N) is 2. The molecule has 0 bridgehead atoms. The first-order valence-electron chi connectivity index (χ1n) is 6.33. The Labute approximate surface area is 104 Å². The molecule has 1 saturated heterocycles. The van der Waals surface area contributed by atoms with E-state index in [1.54, 1.807) is 0 Å². The summed E-state index contributed by atoms with van der Waals surface area (Å²) in [6.07, 6.45) is 5.00. The maximum atomic E-state index is 12.9. The molecule has 1 aromatic heterocycles. The standard InChI is InChI=1S/C12H16F2N4/c13-9-5-10(14)18-11(17-9)16-7-8-6-12(1-2-12)3-4-15-8/h5,8,15H,1-4,6-7H2,(H,16,17,18)/t8-/m0/s1. The lowest BCUT2D eigenvalue weighted by Gasteiger charge is -2.30. The highest BCUT2D eigenvalue weighted by atomic mass is 19.1. The minimum Gasteiger partial charge on any atom is -0.352 e. The Morgan fingerprint density at radius 2 is 2.00 bits per heavy atom. The topological polar surface area (TPSA) is 49.8 Å². The van der Waals surface area contributed by atoms with Crippen LogP contribution in [0, 0.1) is 17.3 Å². The summed E-state index contributed by atoms with van der Waals surface area (Å²) in [5, 5.41) is 6.31. The molecule has 6 heteroatoms. The van der Waals surface area contributed by atoms with E-state index in [2.05, 4.69) is 20.6 Å². The molecule has 1 atom stereocenters. The molecule has 1 aromatic rings. The first kappa shape index (κ1) is 11.8. The van der Waals surface area contributed by atoms with Gasteiger partial charge in [0.1, 0.15) is 0 Å². The maximum Gasteiger partial charge on any atom is 0.228 e. The van der Waals surface area contributed by atoms with E-state index in [1.165, 1.54) is 19.3 Å². The second-order valence-electron chi connectivity index (χ2n) is 5.32. The van der Waals surface area contributed by atoms with Gasteiger partial charge in [-0.25, -0.2) is 0 Å². The molecule has 1 saturated carbocycles. The van der Waals surface area contributed by atoms with Crippen LogP contribution in [0.3, 0.4) is 0 Å². The Kier molecular flexibility index (Phi) is 2.89. The number of rotatable bonds is 3. The molecule has 4 nitrogen and oxygen atoms in total. The van der Waals surface area contributed by atoms with Gasteiger partial charge in [-0.3, -0.25) is 0 Å². The molecule has 3 rings (SSSR count). The summed E-state index contributed by atoms with van der Waals surface area (Å²) in [5.41, 5.74) is 0.547. The number of hydrogen-bond donors (Lipinski definition) is 2. The summed E-state index contributed by atoms with van der Waals surface area (Å²) in [7, 11) is 0. The Hall–Kier alpha value is -1.30. The van der Waals surface area contributed by atoms with Gasteiger partial charge in [0.25, 0.3) is 0 Å². The van der Waals surface area contributed by atoms with E-state index in [0.717, 1.165) is 13.0 Å². The van der Waals surface area contributed by atoms with Crippen LogP contribution >= 0.6 is 0 Å². The monoisotopic (exact) mass is 254 g/mol. The van der Waals surface area contributed by atoms with Crippen molar-refractivity contribution in [2.24, 2.45) is 5.41 Å². The molecule has 0 aromatic carbocycles. The zero-order valence-electron chi connectivity index (χ0n) is 10.0.